The van der Waals surface area contributed by atoms with Crippen molar-refractivity contribution < 1.29 is 40.3 Å². The lowest BCUT2D eigenvalue weighted by Gasteiger charge is -2.06. The number of halogens is 7. The van der Waals surface area contributed by atoms with Gasteiger partial charge in [0.1, 0.15) is 12.4 Å². The molecule has 1 N–H and O–H groups in total. The molecular weight excluding hydrogens is 558 g/mol. The van der Waals surface area contributed by atoms with Crippen molar-refractivity contribution >= 4 is 15.9 Å². The molecule has 2 heterocycles. The van der Waals surface area contributed by atoms with Crippen LogP contribution in [0.25, 0.3) is 22.9 Å². The molecule has 5 nitrogen and oxygen atoms in total. The highest BCUT2D eigenvalue weighted by molar-refractivity contribution is 9.08. The number of aliphatic hydroxyl groups is 1. The number of nitrogens with zero attached hydrogens (tertiary/aromatic N) is 2. The van der Waals surface area contributed by atoms with Gasteiger partial charge in [-0.3, -0.25) is 0 Å². The highest BCUT2D eigenvalue weighted by Crippen LogP contribution is 2.32. The third kappa shape index (κ3) is 6.55. The number of aliphatic hydroxyl groups excluding tert-OH is 1. The first-order chi connectivity index (χ1) is 16.8. The van der Waals surface area contributed by atoms with Gasteiger partial charge in [0.15, 0.2) is 5.76 Å². The summed E-state index contributed by atoms with van der Waals surface area (Å²) in [5, 5.41) is 9.47. The number of benzene rings is 2. The first-order valence-corrected chi connectivity index (χ1v) is 11.4. The van der Waals surface area contributed by atoms with Crippen molar-refractivity contribution in [2.75, 3.05) is 0 Å². The average molecular weight is 577 g/mol. The second kappa shape index (κ2) is 10.9. The van der Waals surface area contributed by atoms with Crippen LogP contribution in [-0.2, 0) is 24.3 Å². The minimum Gasteiger partial charge on any atom is -0.440 e. The summed E-state index contributed by atoms with van der Waals surface area (Å²) in [4.78, 5) is 8.20. The van der Waals surface area contributed by atoms with Crippen molar-refractivity contribution in [3.63, 3.8) is 0 Å². The third-order valence-electron chi connectivity index (χ3n) is 4.97. The van der Waals surface area contributed by atoms with Gasteiger partial charge in [-0.15, -0.1) is 0 Å². The molecule has 0 unspecified atom stereocenters. The zero-order valence-electron chi connectivity index (χ0n) is 18.8. The molecule has 2 aromatic heterocycles. The number of aryl methyl sites for hydroxylation is 2. The highest BCUT2D eigenvalue weighted by atomic mass is 79.9. The summed E-state index contributed by atoms with van der Waals surface area (Å²) in [6.07, 6.45) is -8.69. The molecule has 0 radical (unpaired) electrons. The van der Waals surface area contributed by atoms with Gasteiger partial charge in [0.05, 0.1) is 27.8 Å². The van der Waals surface area contributed by atoms with Crippen LogP contribution < -0.4 is 0 Å². The lowest BCUT2D eigenvalue weighted by Crippen LogP contribution is -2.03. The van der Waals surface area contributed by atoms with Crippen LogP contribution in [0.3, 0.4) is 0 Å². The van der Waals surface area contributed by atoms with Crippen LogP contribution >= 0.6 is 15.9 Å². The van der Waals surface area contributed by atoms with Crippen molar-refractivity contribution in [2.45, 2.75) is 38.1 Å². The fourth-order valence-electron chi connectivity index (χ4n) is 2.98. The molecule has 4 aromatic rings. The zero-order chi connectivity index (χ0) is 26.7. The minimum absolute atomic E-state index is 0.199. The number of hydrogen-bond donors (Lipinski definition) is 1. The van der Waals surface area contributed by atoms with E-state index in [4.69, 9.17) is 13.9 Å². The molecule has 12 heteroatoms. The Morgan fingerprint density at radius 1 is 0.694 bits per heavy atom. The quantitative estimate of drug-likeness (QED) is 0.199. The van der Waals surface area contributed by atoms with Crippen LogP contribution in [0.4, 0.5) is 26.3 Å². The van der Waals surface area contributed by atoms with E-state index in [9.17, 15) is 26.3 Å². The van der Waals surface area contributed by atoms with E-state index in [1.54, 1.807) is 13.8 Å². The monoisotopic (exact) mass is 576 g/mol. The van der Waals surface area contributed by atoms with Gasteiger partial charge in [0.25, 0.3) is 0 Å². The Labute approximate surface area is 209 Å². The summed E-state index contributed by atoms with van der Waals surface area (Å²) in [6.45, 7) is 3.15. The number of alkyl halides is 7. The standard InChI is InChI=1S/C12H9BrF3NO.C12H10F3NO2/c1-7-10(6-13)18-11(17-7)8-2-4-9(5-3-8)12(14,15)16;1-7-10(6-17)18-11(16-7)8-2-4-9(5-3-8)12(13,14)15/h2-5H,6H2,1H3;2-5,17H,6H2,1H3. The van der Waals surface area contributed by atoms with E-state index in [1.165, 1.54) is 24.3 Å². The molecule has 0 saturated carbocycles. The molecule has 36 heavy (non-hydrogen) atoms. The molecule has 0 spiro atoms. The first kappa shape index (κ1) is 27.5. The summed E-state index contributed by atoms with van der Waals surface area (Å²) in [5.41, 5.74) is 0.797. The van der Waals surface area contributed by atoms with Gasteiger partial charge in [-0.1, -0.05) is 15.9 Å². The summed E-state index contributed by atoms with van der Waals surface area (Å²) in [5.74, 6) is 1.51. The van der Waals surface area contributed by atoms with Crippen molar-refractivity contribution in [3.8, 4) is 22.9 Å². The maximum absolute atomic E-state index is 12.4. The van der Waals surface area contributed by atoms with Crippen molar-refractivity contribution in [3.05, 3.63) is 82.6 Å². The van der Waals surface area contributed by atoms with Crippen molar-refractivity contribution in [2.24, 2.45) is 0 Å². The lowest BCUT2D eigenvalue weighted by molar-refractivity contribution is -0.138. The molecule has 0 atom stereocenters. The van der Waals surface area contributed by atoms with E-state index in [0.29, 0.717) is 39.6 Å². The van der Waals surface area contributed by atoms with Gasteiger partial charge in [-0.05, 0) is 62.4 Å². The van der Waals surface area contributed by atoms with E-state index in [2.05, 4.69) is 25.9 Å². The Morgan fingerprint density at radius 3 is 1.33 bits per heavy atom. The molecule has 0 aliphatic carbocycles. The molecule has 4 rings (SSSR count). The van der Waals surface area contributed by atoms with Crippen LogP contribution in [0.2, 0.25) is 0 Å². The predicted molar refractivity (Wildman–Crippen MR) is 122 cm³/mol. The molecule has 0 bridgehead atoms. The highest BCUT2D eigenvalue weighted by Gasteiger charge is 2.31. The van der Waals surface area contributed by atoms with Gasteiger partial charge < -0.3 is 13.9 Å². The van der Waals surface area contributed by atoms with Crippen LogP contribution in [-0.4, -0.2) is 15.1 Å². The van der Waals surface area contributed by atoms with E-state index in [0.717, 1.165) is 30.0 Å². The largest absolute Gasteiger partial charge is 0.440 e. The molecule has 0 saturated heterocycles. The summed E-state index contributed by atoms with van der Waals surface area (Å²) >= 11 is 3.25. The molecule has 192 valence electrons. The van der Waals surface area contributed by atoms with Gasteiger partial charge in [0, 0.05) is 11.1 Å². The number of rotatable bonds is 4. The molecule has 2 aromatic carbocycles. The maximum atomic E-state index is 12.4. The summed E-state index contributed by atoms with van der Waals surface area (Å²) < 4.78 is 85.0. The molecule has 0 aliphatic rings. The lowest BCUT2D eigenvalue weighted by atomic mass is 10.1. The van der Waals surface area contributed by atoms with Gasteiger partial charge in [0.2, 0.25) is 11.8 Å². The fourth-order valence-corrected chi connectivity index (χ4v) is 3.50. The van der Waals surface area contributed by atoms with Gasteiger partial charge in [-0.2, -0.15) is 26.3 Å². The Kier molecular flexibility index (Phi) is 8.29. The normalized spacial score (nSPS) is 11.8. The number of oxazole rings is 2. The predicted octanol–water partition coefficient (Wildman–Crippen LogP) is 7.72. The molecular formula is C24H19BrF6N2O3. The topological polar surface area (TPSA) is 72.3 Å². The minimum atomic E-state index is -4.36. The van der Waals surface area contributed by atoms with E-state index in [-0.39, 0.29) is 12.5 Å². The fraction of sp³-hybridized carbons (Fsp3) is 0.250. The van der Waals surface area contributed by atoms with Crippen molar-refractivity contribution in [1.29, 1.82) is 0 Å². The van der Waals surface area contributed by atoms with Crippen molar-refractivity contribution in [1.82, 2.24) is 9.97 Å². The van der Waals surface area contributed by atoms with Gasteiger partial charge >= 0.3 is 12.4 Å². The molecule has 0 amide bonds. The van der Waals surface area contributed by atoms with Crippen LogP contribution in [0.15, 0.2) is 57.4 Å². The SMILES string of the molecule is Cc1nc(-c2ccc(C(F)(F)F)cc2)oc1CBr.Cc1nc(-c2ccc(C(F)(F)F)cc2)oc1CO. The first-order valence-electron chi connectivity index (χ1n) is 10.3. The van der Waals surface area contributed by atoms with E-state index < -0.39 is 23.5 Å². The zero-order valence-corrected chi connectivity index (χ0v) is 20.4. The van der Waals surface area contributed by atoms with E-state index >= 15 is 0 Å². The van der Waals surface area contributed by atoms with Gasteiger partial charge in [-0.25, -0.2) is 9.97 Å². The van der Waals surface area contributed by atoms with Crippen LogP contribution in [0.5, 0.6) is 0 Å². The Balaban J connectivity index is 0.000000201. The van der Waals surface area contributed by atoms with Crippen LogP contribution in [0.1, 0.15) is 34.0 Å². The summed E-state index contributed by atoms with van der Waals surface area (Å²) in [7, 11) is 0. The molecule has 0 aliphatic heterocycles. The third-order valence-corrected chi connectivity index (χ3v) is 5.48. The Morgan fingerprint density at radius 2 is 1.06 bits per heavy atom. The number of hydrogen-bond acceptors (Lipinski definition) is 5. The van der Waals surface area contributed by atoms with E-state index in [1.807, 2.05) is 0 Å². The second-order valence-corrected chi connectivity index (χ2v) is 8.06. The summed E-state index contributed by atoms with van der Waals surface area (Å²) in [6, 6.07) is 9.25. The average Bonchev–Trinajstić information content (AvgIpc) is 3.40. The number of aromatic nitrogens is 2. The smallest absolute Gasteiger partial charge is 0.416 e. The maximum Gasteiger partial charge on any atom is 0.416 e. The second-order valence-electron chi connectivity index (χ2n) is 7.50. The Bertz CT molecular complexity index is 1190. The molecule has 0 fully saturated rings. The Hall–Kier alpha value is -3.12. The van der Waals surface area contributed by atoms with Crippen LogP contribution in [0, 0.1) is 13.8 Å².